The molecular weight excluding hydrogens is 418 g/mol. The fourth-order valence-electron chi connectivity index (χ4n) is 2.04. The van der Waals surface area contributed by atoms with Gasteiger partial charge in [-0.1, -0.05) is 11.6 Å². The number of carboxylic acids is 2. The van der Waals surface area contributed by atoms with Gasteiger partial charge in [0.2, 0.25) is 0 Å². The largest absolute Gasteiger partial charge is 0.492 e. The van der Waals surface area contributed by atoms with Gasteiger partial charge in [-0.25, -0.2) is 9.59 Å². The third-order valence-corrected chi connectivity index (χ3v) is 4.16. The van der Waals surface area contributed by atoms with Crippen LogP contribution in [0.5, 0.6) is 5.75 Å². The van der Waals surface area contributed by atoms with Crippen molar-refractivity contribution in [2.75, 3.05) is 39.5 Å². The molecule has 0 spiro atoms. The summed E-state index contributed by atoms with van der Waals surface area (Å²) in [4.78, 5) is 20.6. The van der Waals surface area contributed by atoms with Crippen LogP contribution in [0.1, 0.15) is 12.8 Å². The molecule has 25 heavy (non-hydrogen) atoms. The summed E-state index contributed by atoms with van der Waals surface area (Å²) < 4.78 is 12.0. The summed E-state index contributed by atoms with van der Waals surface area (Å²) in [5.41, 5.74) is 0. The average molecular weight is 439 g/mol. The van der Waals surface area contributed by atoms with Gasteiger partial charge in [0, 0.05) is 18.1 Å². The molecule has 1 heterocycles. The Morgan fingerprint density at radius 1 is 1.20 bits per heavy atom. The highest BCUT2D eigenvalue weighted by Crippen LogP contribution is 2.28. The van der Waals surface area contributed by atoms with E-state index in [0.29, 0.717) is 5.02 Å². The van der Waals surface area contributed by atoms with Gasteiger partial charge >= 0.3 is 11.9 Å². The van der Waals surface area contributed by atoms with E-state index in [1.807, 2.05) is 18.2 Å². The van der Waals surface area contributed by atoms with Crippen LogP contribution in [0, 0.1) is 0 Å². The standard InChI is InChI=1S/C14H19BrClNO2.C2H2O4/c15-13-11-12(16)3-4-14(13)19-8-2-1-5-17-6-9-18-10-7-17;3-1(4)2(5)6/h3-4,11H,1-2,5-10H2;(H,3,4)(H,5,6). The molecule has 9 heteroatoms. The van der Waals surface area contributed by atoms with Crippen molar-refractivity contribution in [2.45, 2.75) is 12.8 Å². The summed E-state index contributed by atoms with van der Waals surface area (Å²) in [6.07, 6.45) is 2.22. The van der Waals surface area contributed by atoms with Crippen molar-refractivity contribution in [3.05, 3.63) is 27.7 Å². The summed E-state index contributed by atoms with van der Waals surface area (Å²) in [6.45, 7) is 5.73. The first-order chi connectivity index (χ1) is 11.9. The van der Waals surface area contributed by atoms with Crippen LogP contribution in [-0.4, -0.2) is 66.5 Å². The van der Waals surface area contributed by atoms with Gasteiger partial charge in [-0.2, -0.15) is 0 Å². The molecule has 7 nitrogen and oxygen atoms in total. The lowest BCUT2D eigenvalue weighted by Gasteiger charge is -2.26. The fourth-order valence-corrected chi connectivity index (χ4v) is 2.83. The van der Waals surface area contributed by atoms with E-state index in [9.17, 15) is 0 Å². The Morgan fingerprint density at radius 3 is 2.40 bits per heavy atom. The predicted molar refractivity (Wildman–Crippen MR) is 96.4 cm³/mol. The van der Waals surface area contributed by atoms with Crippen molar-refractivity contribution in [1.29, 1.82) is 0 Å². The number of aliphatic carboxylic acids is 2. The quantitative estimate of drug-likeness (QED) is 0.521. The van der Waals surface area contributed by atoms with Crippen LogP contribution in [0.2, 0.25) is 5.02 Å². The Kier molecular flexibility index (Phi) is 10.5. The van der Waals surface area contributed by atoms with Gasteiger partial charge in [-0.15, -0.1) is 0 Å². The van der Waals surface area contributed by atoms with Crippen molar-refractivity contribution < 1.29 is 29.3 Å². The van der Waals surface area contributed by atoms with E-state index in [1.54, 1.807) is 0 Å². The second-order valence-electron chi connectivity index (χ2n) is 5.19. The maximum absolute atomic E-state index is 9.10. The molecule has 0 unspecified atom stereocenters. The molecule has 140 valence electrons. The Balaban J connectivity index is 0.000000450. The van der Waals surface area contributed by atoms with Crippen molar-refractivity contribution in [3.8, 4) is 5.75 Å². The third-order valence-electron chi connectivity index (χ3n) is 3.31. The van der Waals surface area contributed by atoms with Crippen LogP contribution in [0.3, 0.4) is 0 Å². The molecule has 1 aliphatic rings. The minimum absolute atomic E-state index is 0.714. The normalized spacial score (nSPS) is 14.3. The zero-order valence-electron chi connectivity index (χ0n) is 13.6. The first-order valence-corrected chi connectivity index (χ1v) is 8.91. The summed E-state index contributed by atoms with van der Waals surface area (Å²) in [6, 6.07) is 5.59. The lowest BCUT2D eigenvalue weighted by Crippen LogP contribution is -2.36. The molecule has 0 atom stereocenters. The summed E-state index contributed by atoms with van der Waals surface area (Å²) in [5.74, 6) is -2.79. The van der Waals surface area contributed by atoms with Gasteiger partial charge in [-0.3, -0.25) is 4.90 Å². The molecule has 1 saturated heterocycles. The van der Waals surface area contributed by atoms with E-state index in [4.69, 9.17) is 40.9 Å². The predicted octanol–water partition coefficient (Wildman–Crippen LogP) is 2.75. The van der Waals surface area contributed by atoms with Crippen molar-refractivity contribution in [2.24, 2.45) is 0 Å². The molecule has 0 aliphatic carbocycles. The minimum Gasteiger partial charge on any atom is -0.492 e. The number of carbonyl (C=O) groups is 2. The molecule has 1 aromatic carbocycles. The van der Waals surface area contributed by atoms with Crippen LogP contribution < -0.4 is 4.74 Å². The smallest absolute Gasteiger partial charge is 0.414 e. The summed E-state index contributed by atoms with van der Waals surface area (Å²) in [7, 11) is 0. The molecule has 0 amide bonds. The lowest BCUT2D eigenvalue weighted by molar-refractivity contribution is -0.159. The first kappa shape index (κ1) is 21.7. The van der Waals surface area contributed by atoms with E-state index in [0.717, 1.165) is 62.5 Å². The van der Waals surface area contributed by atoms with Gasteiger partial charge in [-0.05, 0) is 53.5 Å². The first-order valence-electron chi connectivity index (χ1n) is 7.74. The fraction of sp³-hybridized carbons (Fsp3) is 0.500. The van der Waals surface area contributed by atoms with Gasteiger partial charge in [0.25, 0.3) is 0 Å². The average Bonchev–Trinajstić information content (AvgIpc) is 2.58. The zero-order chi connectivity index (χ0) is 18.7. The molecule has 1 aromatic rings. The van der Waals surface area contributed by atoms with Gasteiger partial charge in [0.1, 0.15) is 5.75 Å². The molecule has 0 saturated carbocycles. The van der Waals surface area contributed by atoms with E-state index in [1.165, 1.54) is 0 Å². The summed E-state index contributed by atoms with van der Waals surface area (Å²) in [5, 5.41) is 15.5. The second kappa shape index (κ2) is 12.1. The molecular formula is C16H21BrClNO6. The topological polar surface area (TPSA) is 96.3 Å². The highest BCUT2D eigenvalue weighted by Gasteiger charge is 2.09. The van der Waals surface area contributed by atoms with Crippen LogP contribution in [0.25, 0.3) is 0 Å². The highest BCUT2D eigenvalue weighted by atomic mass is 79.9. The number of benzene rings is 1. The van der Waals surface area contributed by atoms with E-state index < -0.39 is 11.9 Å². The molecule has 0 aromatic heterocycles. The SMILES string of the molecule is Clc1ccc(OCCCCN2CCOCC2)c(Br)c1.O=C(O)C(=O)O. The van der Waals surface area contributed by atoms with Crippen LogP contribution >= 0.6 is 27.5 Å². The van der Waals surface area contributed by atoms with E-state index in [2.05, 4.69) is 20.8 Å². The highest BCUT2D eigenvalue weighted by molar-refractivity contribution is 9.10. The number of rotatable bonds is 6. The zero-order valence-corrected chi connectivity index (χ0v) is 16.0. The monoisotopic (exact) mass is 437 g/mol. The Labute approximate surface area is 159 Å². The number of morpholine rings is 1. The Morgan fingerprint density at radius 2 is 1.84 bits per heavy atom. The number of carboxylic acid groups (broad SMARTS) is 2. The van der Waals surface area contributed by atoms with Crippen LogP contribution in [-0.2, 0) is 14.3 Å². The second-order valence-corrected chi connectivity index (χ2v) is 6.49. The third kappa shape index (κ3) is 9.64. The molecule has 1 fully saturated rings. The molecule has 1 aliphatic heterocycles. The lowest BCUT2D eigenvalue weighted by atomic mass is 10.3. The Hall–Kier alpha value is -1.35. The van der Waals surface area contributed by atoms with Crippen LogP contribution in [0.4, 0.5) is 0 Å². The molecule has 0 bridgehead atoms. The number of nitrogens with zero attached hydrogens (tertiary/aromatic N) is 1. The van der Waals surface area contributed by atoms with Gasteiger partial charge in [0.15, 0.2) is 0 Å². The molecule has 2 N–H and O–H groups in total. The number of hydrogen-bond acceptors (Lipinski definition) is 5. The van der Waals surface area contributed by atoms with Crippen molar-refractivity contribution in [3.63, 3.8) is 0 Å². The van der Waals surface area contributed by atoms with Crippen molar-refractivity contribution in [1.82, 2.24) is 4.90 Å². The Bertz CT molecular complexity index is 554. The van der Waals surface area contributed by atoms with E-state index >= 15 is 0 Å². The maximum Gasteiger partial charge on any atom is 0.414 e. The molecule has 0 radical (unpaired) electrons. The number of unbranched alkanes of at least 4 members (excludes halogenated alkanes) is 1. The number of hydrogen-bond donors (Lipinski definition) is 2. The minimum atomic E-state index is -1.82. The maximum atomic E-state index is 9.10. The molecule has 2 rings (SSSR count). The number of ether oxygens (including phenoxy) is 2. The van der Waals surface area contributed by atoms with Gasteiger partial charge < -0.3 is 19.7 Å². The van der Waals surface area contributed by atoms with Crippen LogP contribution in [0.15, 0.2) is 22.7 Å². The number of halogens is 2. The van der Waals surface area contributed by atoms with Gasteiger partial charge in [0.05, 0.1) is 24.3 Å². The van der Waals surface area contributed by atoms with Crippen molar-refractivity contribution >= 4 is 39.5 Å². The summed E-state index contributed by atoms with van der Waals surface area (Å²) >= 11 is 9.33. The van der Waals surface area contributed by atoms with E-state index in [-0.39, 0.29) is 0 Å².